The Hall–Kier alpha value is -0.700. The zero-order valence-electron chi connectivity index (χ0n) is 6.52. The van der Waals surface area contributed by atoms with Crippen LogP contribution in [0.25, 0.3) is 0 Å². The van der Waals surface area contributed by atoms with Crippen molar-refractivity contribution in [2.75, 3.05) is 19.5 Å². The first kappa shape index (κ1) is 8.40. The van der Waals surface area contributed by atoms with Crippen molar-refractivity contribution in [1.82, 2.24) is 0 Å². The van der Waals surface area contributed by atoms with Gasteiger partial charge in [0.2, 0.25) is 0 Å². The molecule has 0 spiro atoms. The maximum absolute atomic E-state index is 5.10. The van der Waals surface area contributed by atoms with Crippen LogP contribution in [-0.2, 0) is 0 Å². The monoisotopic (exact) mass is 215 g/mol. The largest absolute Gasteiger partial charge is 0.495 e. The Morgan fingerprint density at radius 1 is 1.45 bits per heavy atom. The first-order chi connectivity index (χ1) is 5.29. The van der Waals surface area contributed by atoms with Crippen LogP contribution in [0.2, 0.25) is 0 Å². The fourth-order valence-corrected chi connectivity index (χ4v) is 1.49. The van der Waals surface area contributed by atoms with Gasteiger partial charge in [-0.15, -0.1) is 0 Å². The lowest BCUT2D eigenvalue weighted by Gasteiger charge is -2.07. The first-order valence-corrected chi connectivity index (χ1v) is 4.09. The van der Waals surface area contributed by atoms with Crippen molar-refractivity contribution in [3.05, 3.63) is 22.7 Å². The molecule has 11 heavy (non-hydrogen) atoms. The molecule has 0 aliphatic carbocycles. The molecule has 0 amide bonds. The third-order valence-electron chi connectivity index (χ3n) is 1.45. The van der Waals surface area contributed by atoms with E-state index in [0.717, 1.165) is 15.9 Å². The van der Waals surface area contributed by atoms with Crippen LogP contribution in [0.15, 0.2) is 22.7 Å². The number of benzene rings is 1. The van der Waals surface area contributed by atoms with Crippen molar-refractivity contribution >= 4 is 21.6 Å². The summed E-state index contributed by atoms with van der Waals surface area (Å²) < 4.78 is 6.06. The van der Waals surface area contributed by atoms with E-state index >= 15 is 0 Å². The van der Waals surface area contributed by atoms with E-state index in [0.29, 0.717) is 0 Å². The van der Waals surface area contributed by atoms with Crippen molar-refractivity contribution in [2.24, 2.45) is 0 Å². The van der Waals surface area contributed by atoms with Gasteiger partial charge in [0.25, 0.3) is 0 Å². The van der Waals surface area contributed by atoms with Gasteiger partial charge in [-0.25, -0.2) is 0 Å². The van der Waals surface area contributed by atoms with Gasteiger partial charge in [0.15, 0.2) is 0 Å². The Kier molecular flexibility index (Phi) is 2.76. The molecule has 1 N–H and O–H groups in total. The molecule has 2 nitrogen and oxygen atoms in total. The zero-order chi connectivity index (χ0) is 8.27. The van der Waals surface area contributed by atoms with Gasteiger partial charge >= 0.3 is 0 Å². The van der Waals surface area contributed by atoms with Crippen LogP contribution in [0.4, 0.5) is 5.69 Å². The minimum absolute atomic E-state index is 0.844. The molecule has 3 heteroatoms. The fraction of sp³-hybridized carbons (Fsp3) is 0.250. The summed E-state index contributed by atoms with van der Waals surface area (Å²) in [4.78, 5) is 0. The predicted octanol–water partition coefficient (Wildman–Crippen LogP) is 2.50. The highest BCUT2D eigenvalue weighted by Crippen LogP contribution is 2.31. The van der Waals surface area contributed by atoms with Gasteiger partial charge in [-0.2, -0.15) is 0 Å². The average Bonchev–Trinajstić information content (AvgIpc) is 2.05. The van der Waals surface area contributed by atoms with Gasteiger partial charge < -0.3 is 10.1 Å². The Morgan fingerprint density at radius 2 is 2.18 bits per heavy atom. The van der Waals surface area contributed by atoms with E-state index in [1.807, 2.05) is 25.2 Å². The lowest BCUT2D eigenvalue weighted by atomic mass is 10.3. The van der Waals surface area contributed by atoms with E-state index in [4.69, 9.17) is 4.74 Å². The zero-order valence-corrected chi connectivity index (χ0v) is 8.10. The topological polar surface area (TPSA) is 21.3 Å². The summed E-state index contributed by atoms with van der Waals surface area (Å²) in [6.45, 7) is 0. The number of halogens is 1. The Bertz CT molecular complexity index is 228. The predicted molar refractivity (Wildman–Crippen MR) is 50.2 cm³/mol. The van der Waals surface area contributed by atoms with E-state index in [1.165, 1.54) is 0 Å². The fourth-order valence-electron chi connectivity index (χ4n) is 0.862. The Balaban J connectivity index is 3.10. The van der Waals surface area contributed by atoms with Crippen LogP contribution < -0.4 is 10.1 Å². The SMILES string of the molecule is CNc1cccc(OC)c1Br. The summed E-state index contributed by atoms with van der Waals surface area (Å²) in [5, 5.41) is 3.04. The average molecular weight is 216 g/mol. The van der Waals surface area contributed by atoms with Gasteiger partial charge in [0, 0.05) is 7.05 Å². The maximum Gasteiger partial charge on any atom is 0.135 e. The number of nitrogens with one attached hydrogen (secondary N) is 1. The van der Waals surface area contributed by atoms with Gasteiger partial charge in [-0.3, -0.25) is 0 Å². The number of methoxy groups -OCH3 is 1. The highest BCUT2D eigenvalue weighted by atomic mass is 79.9. The molecule has 1 aromatic carbocycles. The van der Waals surface area contributed by atoms with E-state index in [2.05, 4.69) is 21.2 Å². The molecule has 0 atom stereocenters. The van der Waals surface area contributed by atoms with Crippen LogP contribution >= 0.6 is 15.9 Å². The van der Waals surface area contributed by atoms with Crippen molar-refractivity contribution in [1.29, 1.82) is 0 Å². The molecule has 0 aliphatic heterocycles. The van der Waals surface area contributed by atoms with E-state index in [1.54, 1.807) is 7.11 Å². The maximum atomic E-state index is 5.10. The van der Waals surface area contributed by atoms with Crippen LogP contribution in [0, 0.1) is 0 Å². The van der Waals surface area contributed by atoms with E-state index in [9.17, 15) is 0 Å². The summed E-state index contributed by atoms with van der Waals surface area (Å²) in [5.41, 5.74) is 1.03. The first-order valence-electron chi connectivity index (χ1n) is 3.30. The minimum Gasteiger partial charge on any atom is -0.495 e. The Labute approximate surface area is 74.7 Å². The number of hydrogen-bond donors (Lipinski definition) is 1. The highest BCUT2D eigenvalue weighted by Gasteiger charge is 2.02. The lowest BCUT2D eigenvalue weighted by molar-refractivity contribution is 0.412. The lowest BCUT2D eigenvalue weighted by Crippen LogP contribution is -1.91. The second kappa shape index (κ2) is 3.62. The van der Waals surface area contributed by atoms with Crippen LogP contribution in [0.1, 0.15) is 0 Å². The molecule has 60 valence electrons. The Morgan fingerprint density at radius 3 is 2.73 bits per heavy atom. The van der Waals surface area contributed by atoms with Crippen molar-refractivity contribution in [3.63, 3.8) is 0 Å². The molecule has 0 aromatic heterocycles. The number of hydrogen-bond acceptors (Lipinski definition) is 2. The molecule has 1 rings (SSSR count). The van der Waals surface area contributed by atoms with Crippen LogP contribution in [-0.4, -0.2) is 14.2 Å². The van der Waals surface area contributed by atoms with Crippen molar-refractivity contribution in [3.8, 4) is 5.75 Å². The number of ether oxygens (including phenoxy) is 1. The smallest absolute Gasteiger partial charge is 0.135 e. The molecular formula is C8H10BrNO. The molecule has 1 aromatic rings. The molecular weight excluding hydrogens is 206 g/mol. The van der Waals surface area contributed by atoms with Gasteiger partial charge in [-0.1, -0.05) is 6.07 Å². The normalized spacial score (nSPS) is 9.36. The molecule has 0 heterocycles. The third kappa shape index (κ3) is 1.66. The minimum atomic E-state index is 0.844. The van der Waals surface area contributed by atoms with Crippen LogP contribution in [0.3, 0.4) is 0 Å². The summed E-state index contributed by atoms with van der Waals surface area (Å²) in [6, 6.07) is 5.83. The molecule has 0 bridgehead atoms. The van der Waals surface area contributed by atoms with Gasteiger partial charge in [0.1, 0.15) is 5.75 Å². The molecule has 0 unspecified atom stereocenters. The van der Waals surface area contributed by atoms with E-state index in [-0.39, 0.29) is 0 Å². The quantitative estimate of drug-likeness (QED) is 0.819. The summed E-state index contributed by atoms with van der Waals surface area (Å²) >= 11 is 3.41. The molecule has 0 saturated heterocycles. The van der Waals surface area contributed by atoms with Crippen LogP contribution in [0.5, 0.6) is 5.75 Å². The van der Waals surface area contributed by atoms with Crippen molar-refractivity contribution < 1.29 is 4.74 Å². The van der Waals surface area contributed by atoms with Crippen molar-refractivity contribution in [2.45, 2.75) is 0 Å². The van der Waals surface area contributed by atoms with E-state index < -0.39 is 0 Å². The second-order valence-corrected chi connectivity index (χ2v) is 2.86. The molecule has 0 saturated carbocycles. The number of anilines is 1. The van der Waals surface area contributed by atoms with Gasteiger partial charge in [0.05, 0.1) is 17.3 Å². The third-order valence-corrected chi connectivity index (χ3v) is 2.27. The summed E-state index contributed by atoms with van der Waals surface area (Å²) in [6.07, 6.45) is 0. The standard InChI is InChI=1S/C8H10BrNO/c1-10-6-4-3-5-7(11-2)8(6)9/h3-5,10H,1-2H3. The van der Waals surface area contributed by atoms with Gasteiger partial charge in [-0.05, 0) is 28.1 Å². The second-order valence-electron chi connectivity index (χ2n) is 2.07. The number of rotatable bonds is 2. The molecule has 0 radical (unpaired) electrons. The summed E-state index contributed by atoms with van der Waals surface area (Å²) in [5.74, 6) is 0.844. The molecule has 0 aliphatic rings. The highest BCUT2D eigenvalue weighted by molar-refractivity contribution is 9.10. The summed E-state index contributed by atoms with van der Waals surface area (Å²) in [7, 11) is 3.53. The molecule has 0 fully saturated rings.